The SMILES string of the molecule is Cn1cc([C@H]2CCCN(C(=O)OC(C)(C)C)C2(C)C)c2c(C(F)(F)F)c(N)cnc21. The molecule has 2 aromatic rings. The number of alkyl halides is 3. The molecule has 0 radical (unpaired) electrons. The second-order valence-corrected chi connectivity index (χ2v) is 9.46. The van der Waals surface area contributed by atoms with E-state index in [0.717, 1.165) is 6.20 Å². The van der Waals surface area contributed by atoms with E-state index in [0.29, 0.717) is 24.9 Å². The molecule has 0 aromatic carbocycles. The van der Waals surface area contributed by atoms with Crippen LogP contribution in [0.5, 0.6) is 0 Å². The molecular weight excluding hydrogens is 397 g/mol. The second kappa shape index (κ2) is 7.06. The topological polar surface area (TPSA) is 73.4 Å². The summed E-state index contributed by atoms with van der Waals surface area (Å²) in [4.78, 5) is 18.6. The van der Waals surface area contributed by atoms with E-state index in [1.807, 2.05) is 13.8 Å². The summed E-state index contributed by atoms with van der Waals surface area (Å²) in [5.41, 5.74) is 3.74. The first-order chi connectivity index (χ1) is 13.6. The van der Waals surface area contributed by atoms with E-state index in [1.165, 1.54) is 0 Å². The van der Waals surface area contributed by atoms with Crippen molar-refractivity contribution >= 4 is 22.8 Å². The number of ether oxygens (including phenoxy) is 1. The van der Waals surface area contributed by atoms with Crippen molar-refractivity contribution in [2.45, 2.75) is 70.7 Å². The second-order valence-electron chi connectivity index (χ2n) is 9.46. The van der Waals surface area contributed by atoms with E-state index >= 15 is 0 Å². The number of aryl methyl sites for hydroxylation is 1. The lowest BCUT2D eigenvalue weighted by atomic mass is 9.74. The Hall–Kier alpha value is -2.45. The van der Waals surface area contributed by atoms with Gasteiger partial charge in [-0.2, -0.15) is 13.2 Å². The number of anilines is 1. The summed E-state index contributed by atoms with van der Waals surface area (Å²) >= 11 is 0. The third kappa shape index (κ3) is 3.81. The number of hydrogen-bond donors (Lipinski definition) is 1. The summed E-state index contributed by atoms with van der Waals surface area (Å²) in [5, 5.41) is 0.00844. The third-order valence-corrected chi connectivity index (χ3v) is 5.74. The number of piperidine rings is 1. The highest BCUT2D eigenvalue weighted by molar-refractivity contribution is 5.89. The molecule has 0 unspecified atom stereocenters. The zero-order valence-electron chi connectivity index (χ0n) is 18.2. The molecule has 0 saturated carbocycles. The molecule has 1 aliphatic rings. The first-order valence-corrected chi connectivity index (χ1v) is 9.96. The zero-order valence-corrected chi connectivity index (χ0v) is 18.2. The maximum absolute atomic E-state index is 13.9. The van der Waals surface area contributed by atoms with E-state index in [2.05, 4.69) is 4.98 Å². The molecule has 1 aliphatic heterocycles. The highest BCUT2D eigenvalue weighted by Gasteiger charge is 2.46. The summed E-state index contributed by atoms with van der Waals surface area (Å²) < 4.78 is 48.9. The lowest BCUT2D eigenvalue weighted by Gasteiger charge is -2.48. The highest BCUT2D eigenvalue weighted by atomic mass is 19.4. The number of aromatic nitrogens is 2. The Morgan fingerprint density at radius 2 is 1.93 bits per heavy atom. The number of rotatable bonds is 1. The third-order valence-electron chi connectivity index (χ3n) is 5.74. The number of carbonyl (C=O) groups excluding carboxylic acids is 1. The average molecular weight is 426 g/mol. The molecular formula is C21H29F3N4O2. The first-order valence-electron chi connectivity index (χ1n) is 9.96. The minimum atomic E-state index is -4.62. The average Bonchev–Trinajstić information content (AvgIpc) is 2.87. The van der Waals surface area contributed by atoms with Gasteiger partial charge < -0.3 is 19.9 Å². The number of amides is 1. The highest BCUT2D eigenvalue weighted by Crippen LogP contribution is 2.47. The van der Waals surface area contributed by atoms with Crippen molar-refractivity contribution in [1.82, 2.24) is 14.5 Å². The fraction of sp³-hybridized carbons (Fsp3) is 0.619. The van der Waals surface area contributed by atoms with E-state index in [4.69, 9.17) is 10.5 Å². The van der Waals surface area contributed by atoms with Crippen molar-refractivity contribution in [2.24, 2.45) is 7.05 Å². The molecule has 0 spiro atoms. The van der Waals surface area contributed by atoms with Crippen molar-refractivity contribution in [2.75, 3.05) is 12.3 Å². The van der Waals surface area contributed by atoms with Crippen LogP contribution in [0.3, 0.4) is 0 Å². The Labute approximate surface area is 174 Å². The quantitative estimate of drug-likeness (QED) is 0.691. The maximum atomic E-state index is 13.9. The van der Waals surface area contributed by atoms with Crippen LogP contribution in [-0.4, -0.2) is 38.2 Å². The molecule has 3 rings (SSSR count). The van der Waals surface area contributed by atoms with Crippen LogP contribution in [-0.2, 0) is 18.0 Å². The number of fused-ring (bicyclic) bond motifs is 1. The molecule has 1 saturated heterocycles. The van der Waals surface area contributed by atoms with Gasteiger partial charge in [-0.3, -0.25) is 0 Å². The van der Waals surface area contributed by atoms with E-state index < -0.39 is 34.7 Å². The minimum Gasteiger partial charge on any atom is -0.444 e. The van der Waals surface area contributed by atoms with Crippen LogP contribution in [0.1, 0.15) is 64.5 Å². The van der Waals surface area contributed by atoms with Crippen molar-refractivity contribution in [3.05, 3.63) is 23.5 Å². The van der Waals surface area contributed by atoms with Gasteiger partial charge in [0.15, 0.2) is 0 Å². The number of nitrogens with two attached hydrogens (primary N) is 1. The van der Waals surface area contributed by atoms with E-state index in [-0.39, 0.29) is 17.0 Å². The zero-order chi connectivity index (χ0) is 22.6. The van der Waals surface area contributed by atoms with Crippen molar-refractivity contribution < 1.29 is 22.7 Å². The molecule has 0 aliphatic carbocycles. The van der Waals surface area contributed by atoms with Gasteiger partial charge in [-0.1, -0.05) is 0 Å². The largest absolute Gasteiger partial charge is 0.444 e. The monoisotopic (exact) mass is 426 g/mol. The molecule has 2 N–H and O–H groups in total. The van der Waals surface area contributed by atoms with Crippen molar-refractivity contribution in [3.8, 4) is 0 Å². The van der Waals surface area contributed by atoms with Crippen LogP contribution in [0.2, 0.25) is 0 Å². The van der Waals surface area contributed by atoms with Gasteiger partial charge in [0.1, 0.15) is 11.2 Å². The minimum absolute atomic E-state index is 0.00844. The Bertz CT molecular complexity index is 973. The van der Waals surface area contributed by atoms with Crippen molar-refractivity contribution in [1.29, 1.82) is 0 Å². The number of hydrogen-bond acceptors (Lipinski definition) is 4. The number of halogens is 3. The standard InChI is InChI=1S/C21H29F3N4O2/c1-19(2,3)30-18(29)28-9-7-8-13(20(28,4)5)12-11-27(6)17-15(12)16(21(22,23)24)14(25)10-26-17/h10-11,13H,7-9,25H2,1-6H3/t13-/m1/s1. The van der Waals surface area contributed by atoms with Gasteiger partial charge in [0.25, 0.3) is 0 Å². The summed E-state index contributed by atoms with van der Waals surface area (Å²) in [7, 11) is 1.66. The van der Waals surface area contributed by atoms with E-state index in [9.17, 15) is 18.0 Å². The van der Waals surface area contributed by atoms with E-state index in [1.54, 1.807) is 43.5 Å². The Morgan fingerprint density at radius 3 is 2.50 bits per heavy atom. The number of pyridine rings is 1. The lowest BCUT2D eigenvalue weighted by molar-refractivity contribution is -0.135. The van der Waals surface area contributed by atoms with Crippen LogP contribution in [0.4, 0.5) is 23.7 Å². The molecule has 0 bridgehead atoms. The molecule has 1 atom stereocenters. The smallest absolute Gasteiger partial charge is 0.419 e. The van der Waals surface area contributed by atoms with Gasteiger partial charge >= 0.3 is 12.3 Å². The van der Waals surface area contributed by atoms with Crippen LogP contribution < -0.4 is 5.73 Å². The Kier molecular flexibility index (Phi) is 5.23. The predicted molar refractivity (Wildman–Crippen MR) is 109 cm³/mol. The fourth-order valence-electron chi connectivity index (χ4n) is 4.42. The van der Waals surface area contributed by atoms with Gasteiger partial charge in [-0.25, -0.2) is 9.78 Å². The molecule has 1 fully saturated rings. The summed E-state index contributed by atoms with van der Waals surface area (Å²) in [6.07, 6.45) is -1.07. The number of likely N-dealkylation sites (tertiary alicyclic amines) is 1. The Balaban J connectivity index is 2.15. The van der Waals surface area contributed by atoms with Gasteiger partial charge in [0.05, 0.1) is 17.4 Å². The van der Waals surface area contributed by atoms with Gasteiger partial charge in [-0.15, -0.1) is 0 Å². The summed E-state index contributed by atoms with van der Waals surface area (Å²) in [6.45, 7) is 9.57. The molecule has 2 aromatic heterocycles. The first kappa shape index (κ1) is 22.2. The number of nitrogens with zero attached hydrogens (tertiary/aromatic N) is 3. The van der Waals surface area contributed by atoms with Crippen LogP contribution in [0, 0.1) is 0 Å². The van der Waals surface area contributed by atoms with Crippen molar-refractivity contribution in [3.63, 3.8) is 0 Å². The van der Waals surface area contributed by atoms with Crippen LogP contribution in [0.25, 0.3) is 11.0 Å². The predicted octanol–water partition coefficient (Wildman–Crippen LogP) is 5.07. The summed E-state index contributed by atoms with van der Waals surface area (Å²) in [6, 6.07) is 0. The molecule has 9 heteroatoms. The summed E-state index contributed by atoms with van der Waals surface area (Å²) in [5.74, 6) is -0.341. The fourth-order valence-corrected chi connectivity index (χ4v) is 4.42. The molecule has 1 amide bonds. The van der Waals surface area contributed by atoms with Gasteiger partial charge in [-0.05, 0) is 53.0 Å². The van der Waals surface area contributed by atoms with Gasteiger partial charge in [0.2, 0.25) is 0 Å². The number of nitrogen functional groups attached to an aromatic ring is 1. The normalized spacial score (nSPS) is 19.9. The molecule has 6 nitrogen and oxygen atoms in total. The lowest BCUT2D eigenvalue weighted by Crippen LogP contribution is -2.55. The number of carbonyl (C=O) groups is 1. The van der Waals surface area contributed by atoms with Crippen LogP contribution in [0.15, 0.2) is 12.4 Å². The van der Waals surface area contributed by atoms with Crippen LogP contribution >= 0.6 is 0 Å². The molecule has 3 heterocycles. The molecule has 30 heavy (non-hydrogen) atoms. The Morgan fingerprint density at radius 1 is 1.30 bits per heavy atom. The maximum Gasteiger partial charge on any atom is 0.419 e. The molecule has 166 valence electrons. The van der Waals surface area contributed by atoms with Gasteiger partial charge in [0, 0.05) is 36.6 Å².